The number of carbonyl (C=O) groups excluding carboxylic acids is 1. The fourth-order valence-electron chi connectivity index (χ4n) is 5.19. The Labute approximate surface area is 229 Å². The monoisotopic (exact) mass is 556 g/mol. The Bertz CT molecular complexity index is 1360. The molecule has 0 spiro atoms. The van der Waals surface area contributed by atoms with Gasteiger partial charge in [0.1, 0.15) is 0 Å². The van der Waals surface area contributed by atoms with Gasteiger partial charge in [-0.25, -0.2) is 13.4 Å². The highest BCUT2D eigenvalue weighted by Gasteiger charge is 2.35. The smallest absolute Gasteiger partial charge is 0.243 e. The molecule has 10 heteroatoms. The van der Waals surface area contributed by atoms with Crippen molar-refractivity contribution in [3.8, 4) is 0 Å². The summed E-state index contributed by atoms with van der Waals surface area (Å²) in [6, 6.07) is 13.1. The first-order chi connectivity index (χ1) is 18.3. The van der Waals surface area contributed by atoms with Crippen molar-refractivity contribution in [2.45, 2.75) is 38.0 Å². The summed E-state index contributed by atoms with van der Waals surface area (Å²) < 4.78 is 34.4. The Kier molecular flexibility index (Phi) is 8.44. The van der Waals surface area contributed by atoms with Gasteiger partial charge in [0.2, 0.25) is 15.9 Å². The minimum Gasteiger partial charge on any atom is -0.379 e. The third kappa shape index (κ3) is 5.94. The number of carbonyl (C=O) groups is 1. The van der Waals surface area contributed by atoms with Gasteiger partial charge in [-0.3, -0.25) is 14.6 Å². The standard InChI is InChI=1S/C28H36N4O4S2/c1-21-7-9-24(10-8-21)38(34,35)31-15-11-23(12-16-31)27(33)32(14-4-13-30-17-19-36-20-18-30)28-29-26-22(2)5-3-6-25(26)37-28/h3,5-10,23H,4,11-20H2,1-2H3. The average Bonchev–Trinajstić information content (AvgIpc) is 3.37. The molecule has 38 heavy (non-hydrogen) atoms. The molecule has 0 atom stereocenters. The molecule has 1 amide bonds. The van der Waals surface area contributed by atoms with E-state index in [0.717, 1.165) is 65.7 Å². The van der Waals surface area contributed by atoms with Crippen LogP contribution in [0.15, 0.2) is 47.4 Å². The molecule has 2 aliphatic rings. The minimum atomic E-state index is -3.57. The molecule has 0 aliphatic carbocycles. The first kappa shape index (κ1) is 27.2. The first-order valence-corrected chi connectivity index (χ1v) is 15.6. The number of hydrogen-bond donors (Lipinski definition) is 0. The van der Waals surface area contributed by atoms with Gasteiger partial charge in [-0.1, -0.05) is 41.2 Å². The molecule has 1 aromatic heterocycles. The maximum absolute atomic E-state index is 13.9. The van der Waals surface area contributed by atoms with E-state index in [1.54, 1.807) is 23.5 Å². The summed E-state index contributed by atoms with van der Waals surface area (Å²) in [6.45, 7) is 9.51. The minimum absolute atomic E-state index is 0.0519. The van der Waals surface area contributed by atoms with E-state index in [-0.39, 0.29) is 11.8 Å². The van der Waals surface area contributed by atoms with Crippen LogP contribution in [0.3, 0.4) is 0 Å². The molecule has 2 aliphatic heterocycles. The second kappa shape index (κ2) is 11.8. The quantitative estimate of drug-likeness (QED) is 0.416. The van der Waals surface area contributed by atoms with E-state index in [9.17, 15) is 13.2 Å². The van der Waals surface area contributed by atoms with E-state index in [1.807, 2.05) is 49.1 Å². The lowest BCUT2D eigenvalue weighted by Crippen LogP contribution is -2.45. The van der Waals surface area contributed by atoms with E-state index in [0.29, 0.717) is 37.4 Å². The van der Waals surface area contributed by atoms with Crippen molar-refractivity contribution in [1.29, 1.82) is 0 Å². The van der Waals surface area contributed by atoms with Gasteiger partial charge in [-0.05, 0) is 56.9 Å². The first-order valence-electron chi connectivity index (χ1n) is 13.4. The fourth-order valence-corrected chi connectivity index (χ4v) is 7.73. The van der Waals surface area contributed by atoms with Crippen molar-refractivity contribution in [2.75, 3.05) is 57.4 Å². The molecule has 3 heterocycles. The van der Waals surface area contributed by atoms with Gasteiger partial charge in [0.25, 0.3) is 0 Å². The molecule has 0 saturated carbocycles. The number of fused-ring (bicyclic) bond motifs is 1. The second-order valence-corrected chi connectivity index (χ2v) is 13.2. The molecule has 2 saturated heterocycles. The predicted molar refractivity (Wildman–Crippen MR) is 151 cm³/mol. The lowest BCUT2D eigenvalue weighted by atomic mass is 9.96. The molecule has 204 valence electrons. The van der Waals surface area contributed by atoms with Crippen LogP contribution in [-0.2, 0) is 19.6 Å². The van der Waals surface area contributed by atoms with Gasteiger partial charge in [-0.2, -0.15) is 4.31 Å². The highest BCUT2D eigenvalue weighted by Crippen LogP contribution is 2.33. The molecule has 0 N–H and O–H groups in total. The van der Waals surface area contributed by atoms with Crippen molar-refractivity contribution in [2.24, 2.45) is 5.92 Å². The van der Waals surface area contributed by atoms with Crippen LogP contribution in [0.25, 0.3) is 10.2 Å². The molecule has 0 radical (unpaired) electrons. The summed E-state index contributed by atoms with van der Waals surface area (Å²) in [5.74, 6) is -0.174. The zero-order chi connectivity index (χ0) is 26.7. The number of amides is 1. The van der Waals surface area contributed by atoms with Crippen LogP contribution < -0.4 is 4.90 Å². The van der Waals surface area contributed by atoms with Crippen LogP contribution in [0, 0.1) is 19.8 Å². The van der Waals surface area contributed by atoms with E-state index >= 15 is 0 Å². The zero-order valence-corrected chi connectivity index (χ0v) is 23.8. The Morgan fingerprint density at radius 1 is 1.05 bits per heavy atom. The molecular weight excluding hydrogens is 520 g/mol. The summed E-state index contributed by atoms with van der Waals surface area (Å²) in [4.78, 5) is 23.3. The molecule has 8 nitrogen and oxygen atoms in total. The lowest BCUT2D eigenvalue weighted by molar-refractivity contribution is -0.123. The van der Waals surface area contributed by atoms with Crippen molar-refractivity contribution in [3.63, 3.8) is 0 Å². The Hall–Kier alpha value is -2.37. The van der Waals surface area contributed by atoms with Crippen molar-refractivity contribution in [1.82, 2.24) is 14.2 Å². The van der Waals surface area contributed by atoms with Gasteiger partial charge in [0.15, 0.2) is 5.13 Å². The number of aromatic nitrogens is 1. The van der Waals surface area contributed by atoms with Crippen LogP contribution in [0.4, 0.5) is 5.13 Å². The maximum atomic E-state index is 13.9. The summed E-state index contributed by atoms with van der Waals surface area (Å²) in [5, 5.41) is 0.732. The number of rotatable bonds is 8. The predicted octanol–water partition coefficient (Wildman–Crippen LogP) is 4.07. The van der Waals surface area contributed by atoms with Crippen LogP contribution in [0.1, 0.15) is 30.4 Å². The number of anilines is 1. The summed E-state index contributed by atoms with van der Waals surface area (Å²) in [7, 11) is -3.57. The number of morpholine rings is 1. The average molecular weight is 557 g/mol. The van der Waals surface area contributed by atoms with Gasteiger partial charge >= 0.3 is 0 Å². The van der Waals surface area contributed by atoms with Gasteiger partial charge in [0.05, 0.1) is 28.3 Å². The largest absolute Gasteiger partial charge is 0.379 e. The third-order valence-corrected chi connectivity index (χ3v) is 10.5. The highest BCUT2D eigenvalue weighted by molar-refractivity contribution is 7.89. The molecule has 2 aromatic carbocycles. The second-order valence-electron chi connectivity index (χ2n) is 10.2. The molecule has 5 rings (SSSR count). The van der Waals surface area contributed by atoms with E-state index in [2.05, 4.69) is 4.90 Å². The number of sulfonamides is 1. The number of thiazole rings is 1. The topological polar surface area (TPSA) is 83.1 Å². The third-order valence-electron chi connectivity index (χ3n) is 7.53. The maximum Gasteiger partial charge on any atom is 0.243 e. The number of benzene rings is 2. The van der Waals surface area contributed by atoms with E-state index in [1.165, 1.54) is 4.31 Å². The van der Waals surface area contributed by atoms with Crippen molar-refractivity contribution in [3.05, 3.63) is 53.6 Å². The van der Waals surface area contributed by atoms with E-state index in [4.69, 9.17) is 9.72 Å². The molecule has 0 unspecified atom stereocenters. The van der Waals surface area contributed by atoms with E-state index < -0.39 is 10.0 Å². The van der Waals surface area contributed by atoms with Crippen LogP contribution in [-0.4, -0.2) is 81.0 Å². The van der Waals surface area contributed by atoms with Crippen LogP contribution in [0.5, 0.6) is 0 Å². The number of para-hydroxylation sites is 1. The molecule has 3 aromatic rings. The zero-order valence-electron chi connectivity index (χ0n) is 22.1. The molecule has 2 fully saturated rings. The summed E-state index contributed by atoms with van der Waals surface area (Å²) in [5.41, 5.74) is 3.06. The van der Waals surface area contributed by atoms with Gasteiger partial charge in [-0.15, -0.1) is 0 Å². The normalized spacial score (nSPS) is 18.2. The van der Waals surface area contributed by atoms with Crippen LogP contribution >= 0.6 is 11.3 Å². The van der Waals surface area contributed by atoms with Gasteiger partial charge < -0.3 is 4.74 Å². The highest BCUT2D eigenvalue weighted by atomic mass is 32.2. The lowest BCUT2D eigenvalue weighted by Gasteiger charge is -2.33. The Balaban J connectivity index is 1.29. The SMILES string of the molecule is Cc1ccc(S(=O)(=O)N2CCC(C(=O)N(CCCN3CCOCC3)c3nc4c(C)cccc4s3)CC2)cc1. The molecule has 0 bridgehead atoms. The number of nitrogens with zero attached hydrogens (tertiary/aromatic N) is 4. The van der Waals surface area contributed by atoms with Crippen molar-refractivity contribution < 1.29 is 17.9 Å². The summed E-state index contributed by atoms with van der Waals surface area (Å²) >= 11 is 1.56. The Morgan fingerprint density at radius 3 is 2.45 bits per heavy atom. The van der Waals surface area contributed by atoms with Gasteiger partial charge in [0, 0.05) is 45.2 Å². The number of aryl methyl sites for hydroxylation is 2. The number of ether oxygens (including phenoxy) is 1. The fraction of sp³-hybridized carbons (Fsp3) is 0.500. The number of hydrogen-bond acceptors (Lipinski definition) is 7. The summed E-state index contributed by atoms with van der Waals surface area (Å²) in [6.07, 6.45) is 1.86. The molecular formula is C28H36N4O4S2. The van der Waals surface area contributed by atoms with Crippen LogP contribution in [0.2, 0.25) is 0 Å². The van der Waals surface area contributed by atoms with Crippen molar-refractivity contribution >= 4 is 42.6 Å². The Morgan fingerprint density at radius 2 is 1.76 bits per heavy atom. The number of piperidine rings is 1.